The Bertz CT molecular complexity index is 795. The Hall–Kier alpha value is -2.96. The van der Waals surface area contributed by atoms with Crippen LogP contribution in [0.15, 0.2) is 28.7 Å². The lowest BCUT2D eigenvalue weighted by atomic mass is 10.1. The number of hydrogen-bond acceptors (Lipinski definition) is 5. The van der Waals surface area contributed by atoms with Crippen molar-refractivity contribution in [3.63, 3.8) is 0 Å². The molecule has 1 aliphatic rings. The van der Waals surface area contributed by atoms with Crippen molar-refractivity contribution in [2.75, 3.05) is 13.2 Å². The second kappa shape index (κ2) is 7.29. The fourth-order valence-electron chi connectivity index (χ4n) is 2.62. The lowest BCUT2D eigenvalue weighted by Gasteiger charge is -2.18. The summed E-state index contributed by atoms with van der Waals surface area (Å²) in [5.74, 6) is 0.993. The molecule has 1 aromatic carbocycles. The van der Waals surface area contributed by atoms with E-state index in [1.54, 1.807) is 6.92 Å². The Balaban J connectivity index is 1.50. The van der Waals surface area contributed by atoms with E-state index in [2.05, 4.69) is 5.32 Å². The Morgan fingerprint density at radius 1 is 1.16 bits per heavy atom. The van der Waals surface area contributed by atoms with Crippen molar-refractivity contribution in [1.82, 2.24) is 5.32 Å². The van der Waals surface area contributed by atoms with Crippen molar-refractivity contribution in [2.24, 2.45) is 0 Å². The molecule has 0 aliphatic carbocycles. The SMILES string of the molecule is Cc1oc(CNC(=O)CCc2ccc3c(c2)OCCO3)cc1C(=O)O. The Labute approximate surface area is 144 Å². The van der Waals surface area contributed by atoms with Gasteiger partial charge < -0.3 is 24.3 Å². The number of aryl methyl sites for hydroxylation is 2. The summed E-state index contributed by atoms with van der Waals surface area (Å²) in [7, 11) is 0. The molecule has 2 heterocycles. The summed E-state index contributed by atoms with van der Waals surface area (Å²) >= 11 is 0. The minimum Gasteiger partial charge on any atom is -0.486 e. The van der Waals surface area contributed by atoms with E-state index in [4.69, 9.17) is 19.0 Å². The van der Waals surface area contributed by atoms with Crippen LogP contribution < -0.4 is 14.8 Å². The van der Waals surface area contributed by atoms with Gasteiger partial charge in [-0.25, -0.2) is 4.79 Å². The number of hydrogen-bond donors (Lipinski definition) is 2. The molecular formula is C18H19NO6. The number of amides is 1. The molecule has 0 unspecified atom stereocenters. The van der Waals surface area contributed by atoms with E-state index in [9.17, 15) is 9.59 Å². The number of nitrogens with one attached hydrogen (secondary N) is 1. The van der Waals surface area contributed by atoms with E-state index in [0.29, 0.717) is 43.3 Å². The summed E-state index contributed by atoms with van der Waals surface area (Å²) in [5.41, 5.74) is 1.10. The quantitative estimate of drug-likeness (QED) is 0.834. The maximum atomic E-state index is 12.0. The monoisotopic (exact) mass is 345 g/mol. The van der Waals surface area contributed by atoms with Crippen molar-refractivity contribution in [2.45, 2.75) is 26.3 Å². The van der Waals surface area contributed by atoms with Crippen LogP contribution in [0.3, 0.4) is 0 Å². The van der Waals surface area contributed by atoms with Crippen LogP contribution in [0.4, 0.5) is 0 Å². The molecule has 1 aliphatic heterocycles. The predicted octanol–water partition coefficient (Wildman–Crippen LogP) is 2.31. The van der Waals surface area contributed by atoms with Gasteiger partial charge >= 0.3 is 5.97 Å². The summed E-state index contributed by atoms with van der Waals surface area (Å²) in [6.45, 7) is 2.81. The van der Waals surface area contributed by atoms with E-state index in [-0.39, 0.29) is 18.0 Å². The standard InChI is InChI=1S/C18H19NO6/c1-11-14(18(21)22)9-13(25-11)10-19-17(20)5-3-12-2-4-15-16(8-12)24-7-6-23-15/h2,4,8-9H,3,5-7,10H2,1H3,(H,19,20)(H,21,22). The molecule has 132 valence electrons. The number of fused-ring (bicyclic) bond motifs is 1. The number of rotatable bonds is 6. The van der Waals surface area contributed by atoms with E-state index in [1.807, 2.05) is 18.2 Å². The molecule has 2 aromatic rings. The van der Waals surface area contributed by atoms with Gasteiger partial charge in [0.05, 0.1) is 6.54 Å². The summed E-state index contributed by atoms with van der Waals surface area (Å²) in [4.78, 5) is 22.9. The number of ether oxygens (including phenoxy) is 2. The molecule has 0 saturated carbocycles. The van der Waals surface area contributed by atoms with Crippen molar-refractivity contribution >= 4 is 11.9 Å². The van der Waals surface area contributed by atoms with Crippen molar-refractivity contribution in [1.29, 1.82) is 0 Å². The number of carboxylic acid groups (broad SMARTS) is 1. The molecule has 1 aromatic heterocycles. The van der Waals surface area contributed by atoms with Gasteiger partial charge in [0.2, 0.25) is 5.91 Å². The molecule has 3 rings (SSSR count). The smallest absolute Gasteiger partial charge is 0.339 e. The van der Waals surface area contributed by atoms with Gasteiger partial charge in [-0.3, -0.25) is 4.79 Å². The van der Waals surface area contributed by atoms with Gasteiger partial charge in [-0.2, -0.15) is 0 Å². The van der Waals surface area contributed by atoms with Crippen LogP contribution in [0.2, 0.25) is 0 Å². The maximum Gasteiger partial charge on any atom is 0.339 e. The molecule has 0 atom stereocenters. The maximum absolute atomic E-state index is 12.0. The van der Waals surface area contributed by atoms with Crippen LogP contribution >= 0.6 is 0 Å². The third-order valence-electron chi connectivity index (χ3n) is 3.91. The summed E-state index contributed by atoms with van der Waals surface area (Å²) in [6, 6.07) is 7.08. The summed E-state index contributed by atoms with van der Waals surface area (Å²) in [6.07, 6.45) is 0.880. The predicted molar refractivity (Wildman–Crippen MR) is 88.0 cm³/mol. The number of furan rings is 1. The first-order valence-electron chi connectivity index (χ1n) is 8.01. The lowest BCUT2D eigenvalue weighted by molar-refractivity contribution is -0.121. The van der Waals surface area contributed by atoms with Crippen molar-refractivity contribution in [3.8, 4) is 11.5 Å². The first kappa shape index (κ1) is 16.9. The van der Waals surface area contributed by atoms with Gasteiger partial charge in [-0.1, -0.05) is 6.07 Å². The minimum absolute atomic E-state index is 0.112. The fraction of sp³-hybridized carbons (Fsp3) is 0.333. The Morgan fingerprint density at radius 3 is 2.64 bits per heavy atom. The van der Waals surface area contributed by atoms with Crippen LogP contribution in [0.5, 0.6) is 11.5 Å². The third kappa shape index (κ3) is 4.12. The van der Waals surface area contributed by atoms with Gasteiger partial charge in [0.1, 0.15) is 30.3 Å². The van der Waals surface area contributed by atoms with Crippen LogP contribution in [-0.2, 0) is 17.8 Å². The van der Waals surface area contributed by atoms with Crippen molar-refractivity contribution in [3.05, 3.63) is 46.9 Å². The zero-order chi connectivity index (χ0) is 17.8. The zero-order valence-corrected chi connectivity index (χ0v) is 13.8. The molecule has 0 bridgehead atoms. The highest BCUT2D eigenvalue weighted by Crippen LogP contribution is 2.31. The van der Waals surface area contributed by atoms with Gasteiger partial charge in [-0.15, -0.1) is 0 Å². The molecular weight excluding hydrogens is 326 g/mol. The van der Waals surface area contributed by atoms with E-state index in [0.717, 1.165) is 11.3 Å². The van der Waals surface area contributed by atoms with Crippen LogP contribution in [0, 0.1) is 6.92 Å². The number of carbonyl (C=O) groups is 2. The Kier molecular flexibility index (Phi) is 4.92. The first-order chi connectivity index (χ1) is 12.0. The van der Waals surface area contributed by atoms with Crippen molar-refractivity contribution < 1.29 is 28.6 Å². The molecule has 7 nitrogen and oxygen atoms in total. The van der Waals surface area contributed by atoms with Crippen LogP contribution in [-0.4, -0.2) is 30.2 Å². The number of carboxylic acids is 1. The highest BCUT2D eigenvalue weighted by Gasteiger charge is 2.15. The van der Waals surface area contributed by atoms with E-state index >= 15 is 0 Å². The number of benzene rings is 1. The second-order valence-corrected chi connectivity index (χ2v) is 5.74. The highest BCUT2D eigenvalue weighted by molar-refractivity contribution is 5.88. The average Bonchev–Trinajstić information content (AvgIpc) is 2.99. The lowest BCUT2D eigenvalue weighted by Crippen LogP contribution is -2.22. The molecule has 0 spiro atoms. The van der Waals surface area contributed by atoms with Gasteiger partial charge in [0.15, 0.2) is 11.5 Å². The second-order valence-electron chi connectivity index (χ2n) is 5.74. The summed E-state index contributed by atoms with van der Waals surface area (Å²) in [5, 5.41) is 11.7. The normalized spacial score (nSPS) is 12.7. The molecule has 25 heavy (non-hydrogen) atoms. The number of carbonyl (C=O) groups excluding carboxylic acids is 1. The minimum atomic E-state index is -1.04. The van der Waals surface area contributed by atoms with Crippen LogP contribution in [0.1, 0.15) is 33.9 Å². The molecule has 0 fully saturated rings. The molecule has 0 radical (unpaired) electrons. The van der Waals surface area contributed by atoms with Gasteiger partial charge in [0, 0.05) is 6.42 Å². The molecule has 2 N–H and O–H groups in total. The average molecular weight is 345 g/mol. The topological polar surface area (TPSA) is 98.0 Å². The zero-order valence-electron chi connectivity index (χ0n) is 13.8. The fourth-order valence-corrected chi connectivity index (χ4v) is 2.62. The highest BCUT2D eigenvalue weighted by atomic mass is 16.6. The van der Waals surface area contributed by atoms with Gasteiger partial charge in [0.25, 0.3) is 0 Å². The molecule has 7 heteroatoms. The largest absolute Gasteiger partial charge is 0.486 e. The molecule has 1 amide bonds. The van der Waals surface area contributed by atoms with E-state index < -0.39 is 5.97 Å². The van der Waals surface area contributed by atoms with Gasteiger partial charge in [-0.05, 0) is 37.1 Å². The number of aromatic carboxylic acids is 1. The Morgan fingerprint density at radius 2 is 1.92 bits per heavy atom. The van der Waals surface area contributed by atoms with E-state index in [1.165, 1.54) is 6.07 Å². The van der Waals surface area contributed by atoms with Crippen LogP contribution in [0.25, 0.3) is 0 Å². The third-order valence-corrected chi connectivity index (χ3v) is 3.91. The molecule has 0 saturated heterocycles. The first-order valence-corrected chi connectivity index (χ1v) is 8.01. The summed E-state index contributed by atoms with van der Waals surface area (Å²) < 4.78 is 16.3.